The average Bonchev–Trinajstić information content (AvgIpc) is 2.97. The third kappa shape index (κ3) is 7.15. The number of hydrogen-bond donors (Lipinski definition) is 1. The lowest BCUT2D eigenvalue weighted by atomic mass is 9.70. The van der Waals surface area contributed by atoms with Crippen LogP contribution in [0.4, 0.5) is 0 Å². The van der Waals surface area contributed by atoms with Gasteiger partial charge in [-0.1, -0.05) is 97.1 Å². The van der Waals surface area contributed by atoms with Gasteiger partial charge in [-0.15, -0.1) is 12.6 Å². The van der Waals surface area contributed by atoms with Gasteiger partial charge in [0.2, 0.25) is 0 Å². The maximum absolute atomic E-state index is 12.5. The van der Waals surface area contributed by atoms with Crippen LogP contribution in [0.2, 0.25) is 0 Å². The van der Waals surface area contributed by atoms with Gasteiger partial charge in [-0.3, -0.25) is 4.79 Å². The van der Waals surface area contributed by atoms with Crippen LogP contribution in [0.1, 0.15) is 41.6 Å². The van der Waals surface area contributed by atoms with Crippen molar-refractivity contribution < 1.29 is 9.53 Å². The first kappa shape index (κ1) is 26.7. The number of ether oxygens (including phenoxy) is 1. The standard InChI is InChI=1S/C35H33NO2S/c37-34(39)25-35(24-28-12-5-2-6-13-28,23-9-14-27-10-3-1-4-11-27)30-18-21-32(22-19-30)38-26-31-20-17-29-15-7-8-16-33(29)36-31/h1-8,10-13,15-22H,9,14,23-26H2,(H,37,39). The van der Waals surface area contributed by atoms with Gasteiger partial charge in [-0.2, -0.15) is 0 Å². The van der Waals surface area contributed by atoms with Crippen molar-refractivity contribution in [3.63, 3.8) is 0 Å². The Morgan fingerprint density at radius 1 is 0.744 bits per heavy atom. The second-order valence-electron chi connectivity index (χ2n) is 10.2. The van der Waals surface area contributed by atoms with E-state index < -0.39 is 0 Å². The fourth-order valence-corrected chi connectivity index (χ4v) is 5.69. The Morgan fingerprint density at radius 2 is 1.41 bits per heavy atom. The first-order valence-corrected chi connectivity index (χ1v) is 13.9. The minimum Gasteiger partial charge on any atom is -0.487 e. The molecule has 4 aromatic carbocycles. The molecule has 0 spiro atoms. The lowest BCUT2D eigenvalue weighted by Gasteiger charge is -2.34. The van der Waals surface area contributed by atoms with E-state index in [2.05, 4.69) is 85.4 Å². The molecule has 196 valence electrons. The fraction of sp³-hybridized carbons (Fsp3) is 0.200. The van der Waals surface area contributed by atoms with Crippen molar-refractivity contribution in [1.82, 2.24) is 4.98 Å². The molecule has 1 heterocycles. The Labute approximate surface area is 236 Å². The van der Waals surface area contributed by atoms with Gasteiger partial charge < -0.3 is 4.74 Å². The van der Waals surface area contributed by atoms with E-state index in [4.69, 9.17) is 9.72 Å². The summed E-state index contributed by atoms with van der Waals surface area (Å²) < 4.78 is 6.10. The molecule has 0 aliphatic heterocycles. The summed E-state index contributed by atoms with van der Waals surface area (Å²) in [5, 5.41) is 1.03. The predicted octanol–water partition coefficient (Wildman–Crippen LogP) is 8.16. The number of pyridine rings is 1. The van der Waals surface area contributed by atoms with Crippen molar-refractivity contribution in [3.05, 3.63) is 144 Å². The van der Waals surface area contributed by atoms with E-state index in [0.717, 1.165) is 53.6 Å². The van der Waals surface area contributed by atoms with Crippen molar-refractivity contribution in [2.75, 3.05) is 0 Å². The largest absolute Gasteiger partial charge is 0.487 e. The number of fused-ring (bicyclic) bond motifs is 1. The monoisotopic (exact) mass is 531 g/mol. The molecule has 0 saturated heterocycles. The molecule has 0 N–H and O–H groups in total. The van der Waals surface area contributed by atoms with Crippen LogP contribution in [-0.4, -0.2) is 10.1 Å². The van der Waals surface area contributed by atoms with E-state index in [0.29, 0.717) is 13.0 Å². The van der Waals surface area contributed by atoms with E-state index in [1.165, 1.54) is 11.1 Å². The van der Waals surface area contributed by atoms with Gasteiger partial charge in [-0.05, 0) is 66.6 Å². The molecule has 0 saturated carbocycles. The smallest absolute Gasteiger partial charge is 0.186 e. The lowest BCUT2D eigenvalue weighted by molar-refractivity contribution is -0.112. The third-order valence-electron chi connectivity index (χ3n) is 7.35. The summed E-state index contributed by atoms with van der Waals surface area (Å²) in [6.07, 6.45) is 3.98. The highest BCUT2D eigenvalue weighted by atomic mass is 32.1. The van der Waals surface area contributed by atoms with Crippen LogP contribution >= 0.6 is 12.6 Å². The summed E-state index contributed by atoms with van der Waals surface area (Å²) in [6, 6.07) is 41.4. The molecule has 0 fully saturated rings. The van der Waals surface area contributed by atoms with Crippen LogP contribution in [0.5, 0.6) is 5.75 Å². The number of carbonyl (C=O) groups excluding carboxylic acids is 1. The number of benzene rings is 4. The Hall–Kier alpha value is -3.89. The van der Waals surface area contributed by atoms with E-state index in [1.54, 1.807) is 0 Å². The summed E-state index contributed by atoms with van der Waals surface area (Å²) >= 11 is 4.25. The van der Waals surface area contributed by atoms with Crippen LogP contribution in [-0.2, 0) is 29.7 Å². The Balaban J connectivity index is 1.36. The molecule has 0 aliphatic rings. The highest BCUT2D eigenvalue weighted by molar-refractivity contribution is 7.96. The van der Waals surface area contributed by atoms with Gasteiger partial charge in [0.1, 0.15) is 12.4 Å². The number of hydrogen-bond acceptors (Lipinski definition) is 3. The van der Waals surface area contributed by atoms with Gasteiger partial charge in [0.05, 0.1) is 11.2 Å². The molecule has 1 aromatic heterocycles. The molecule has 5 rings (SSSR count). The second kappa shape index (κ2) is 12.8. The summed E-state index contributed by atoms with van der Waals surface area (Å²) in [7, 11) is 0. The van der Waals surface area contributed by atoms with Crippen LogP contribution in [0.25, 0.3) is 10.9 Å². The number of aryl methyl sites for hydroxylation is 1. The number of nitrogens with zero attached hydrogens (tertiary/aromatic N) is 1. The predicted molar refractivity (Wildman–Crippen MR) is 162 cm³/mol. The zero-order valence-corrected chi connectivity index (χ0v) is 22.9. The molecule has 0 amide bonds. The Morgan fingerprint density at radius 3 is 2.13 bits per heavy atom. The zero-order chi connectivity index (χ0) is 26.9. The highest BCUT2D eigenvalue weighted by Crippen LogP contribution is 2.39. The molecular weight excluding hydrogens is 498 g/mol. The van der Waals surface area contributed by atoms with Crippen molar-refractivity contribution in [2.45, 2.75) is 44.1 Å². The van der Waals surface area contributed by atoms with E-state index in [9.17, 15) is 4.79 Å². The number of carbonyl (C=O) groups is 1. The molecule has 1 unspecified atom stereocenters. The Bertz CT molecular complexity index is 1500. The minimum atomic E-state index is -0.354. The number of rotatable bonds is 12. The minimum absolute atomic E-state index is 0.0895. The van der Waals surface area contributed by atoms with Crippen molar-refractivity contribution in [2.24, 2.45) is 0 Å². The van der Waals surface area contributed by atoms with Crippen LogP contribution in [0.15, 0.2) is 121 Å². The molecule has 0 radical (unpaired) electrons. The molecule has 4 heteroatoms. The Kier molecular flexibility index (Phi) is 8.75. The summed E-state index contributed by atoms with van der Waals surface area (Å²) in [5.74, 6) is 0.781. The van der Waals surface area contributed by atoms with Gasteiger partial charge in [0, 0.05) is 17.2 Å². The summed E-state index contributed by atoms with van der Waals surface area (Å²) in [5.41, 5.74) is 5.17. The van der Waals surface area contributed by atoms with Crippen molar-refractivity contribution in [1.29, 1.82) is 0 Å². The highest BCUT2D eigenvalue weighted by Gasteiger charge is 2.34. The van der Waals surface area contributed by atoms with Crippen molar-refractivity contribution >= 4 is 28.6 Å². The van der Waals surface area contributed by atoms with Gasteiger partial charge in [-0.25, -0.2) is 4.98 Å². The summed E-state index contributed by atoms with van der Waals surface area (Å²) in [6.45, 7) is 0.394. The molecule has 3 nitrogen and oxygen atoms in total. The third-order valence-corrected chi connectivity index (χ3v) is 7.51. The molecule has 0 bridgehead atoms. The number of aromatic nitrogens is 1. The van der Waals surface area contributed by atoms with E-state index in [1.807, 2.05) is 48.5 Å². The average molecular weight is 532 g/mol. The zero-order valence-electron chi connectivity index (χ0n) is 22.0. The molecule has 0 aliphatic carbocycles. The van der Waals surface area contributed by atoms with Gasteiger partial charge in [0.25, 0.3) is 0 Å². The SMILES string of the molecule is O=C(S)CC(CCCc1ccccc1)(Cc1ccccc1)c1ccc(OCc2ccc3ccccc3n2)cc1. The van der Waals surface area contributed by atoms with E-state index >= 15 is 0 Å². The quantitative estimate of drug-likeness (QED) is 0.165. The van der Waals surface area contributed by atoms with Gasteiger partial charge >= 0.3 is 0 Å². The maximum Gasteiger partial charge on any atom is 0.186 e. The normalized spacial score (nSPS) is 12.6. The molecular formula is C35H33NO2S. The first-order chi connectivity index (χ1) is 19.1. The second-order valence-corrected chi connectivity index (χ2v) is 10.7. The van der Waals surface area contributed by atoms with Crippen LogP contribution < -0.4 is 4.74 Å². The lowest BCUT2D eigenvalue weighted by Crippen LogP contribution is -2.31. The topological polar surface area (TPSA) is 39.2 Å². The number of thiol groups is 1. The fourth-order valence-electron chi connectivity index (χ4n) is 5.39. The first-order valence-electron chi connectivity index (χ1n) is 13.5. The summed E-state index contributed by atoms with van der Waals surface area (Å²) in [4.78, 5) is 17.2. The van der Waals surface area contributed by atoms with E-state index in [-0.39, 0.29) is 10.5 Å². The molecule has 5 aromatic rings. The van der Waals surface area contributed by atoms with Gasteiger partial charge in [0.15, 0.2) is 5.12 Å². The number of para-hydroxylation sites is 1. The molecule has 39 heavy (non-hydrogen) atoms. The van der Waals surface area contributed by atoms with Crippen LogP contribution in [0.3, 0.4) is 0 Å². The van der Waals surface area contributed by atoms with Crippen molar-refractivity contribution in [3.8, 4) is 5.75 Å². The maximum atomic E-state index is 12.5. The molecule has 1 atom stereocenters. The van der Waals surface area contributed by atoms with Crippen LogP contribution in [0, 0.1) is 0 Å².